The van der Waals surface area contributed by atoms with Gasteiger partial charge in [0.05, 0.1) is 0 Å². The third-order valence-corrected chi connectivity index (χ3v) is 14.3. The lowest BCUT2D eigenvalue weighted by Gasteiger charge is -2.18. The molecule has 0 aromatic rings. The fourth-order valence-corrected chi connectivity index (χ4v) is 9.43. The van der Waals surface area contributed by atoms with E-state index in [1.54, 1.807) is 0 Å². The SMILES string of the molecule is CC/C=C\C/C=C\C/C=C\C/C=C\CCCCC(=O)OC(COC(=O)CCCCCCCCCCCC)COC(=O)CCCCCCCCCCCCCCCCCCCCC/C=C\CCCCCCCCCC. The first-order valence-corrected chi connectivity index (χ1v) is 32.3. The van der Waals surface area contributed by atoms with Crippen molar-refractivity contribution < 1.29 is 28.6 Å². The predicted molar refractivity (Wildman–Crippen MR) is 321 cm³/mol. The third-order valence-electron chi connectivity index (χ3n) is 14.3. The fraction of sp³-hybridized carbons (Fsp3) is 0.809. The second kappa shape index (κ2) is 62.6. The smallest absolute Gasteiger partial charge is 0.306 e. The van der Waals surface area contributed by atoms with Crippen LogP contribution in [-0.4, -0.2) is 37.2 Å². The van der Waals surface area contributed by atoms with Crippen LogP contribution < -0.4 is 0 Å². The summed E-state index contributed by atoms with van der Waals surface area (Å²) in [6, 6.07) is 0. The summed E-state index contributed by atoms with van der Waals surface area (Å²) < 4.78 is 16.8. The maximum absolute atomic E-state index is 12.8. The van der Waals surface area contributed by atoms with E-state index >= 15 is 0 Å². The first-order valence-electron chi connectivity index (χ1n) is 32.3. The molecular weight excluding hydrogens is 913 g/mol. The lowest BCUT2D eigenvalue weighted by Crippen LogP contribution is -2.30. The Morgan fingerprint density at radius 2 is 0.527 bits per heavy atom. The van der Waals surface area contributed by atoms with Gasteiger partial charge in [-0.05, 0) is 83.5 Å². The molecular formula is C68H122O6. The molecule has 0 radical (unpaired) electrons. The van der Waals surface area contributed by atoms with Crippen LogP contribution in [0.25, 0.3) is 0 Å². The van der Waals surface area contributed by atoms with Gasteiger partial charge in [0, 0.05) is 19.3 Å². The van der Waals surface area contributed by atoms with Gasteiger partial charge in [0.1, 0.15) is 13.2 Å². The summed E-state index contributed by atoms with van der Waals surface area (Å²) in [7, 11) is 0. The highest BCUT2D eigenvalue weighted by molar-refractivity contribution is 5.71. The van der Waals surface area contributed by atoms with Gasteiger partial charge >= 0.3 is 17.9 Å². The summed E-state index contributed by atoms with van der Waals surface area (Å²) in [6.07, 6.45) is 79.8. The Hall–Kier alpha value is -2.89. The number of esters is 3. The molecule has 0 aromatic heterocycles. The van der Waals surface area contributed by atoms with E-state index in [-0.39, 0.29) is 37.5 Å². The van der Waals surface area contributed by atoms with Crippen LogP contribution in [-0.2, 0) is 28.6 Å². The highest BCUT2D eigenvalue weighted by Gasteiger charge is 2.19. The number of hydrogen-bond acceptors (Lipinski definition) is 6. The predicted octanol–water partition coefficient (Wildman–Crippen LogP) is 21.9. The lowest BCUT2D eigenvalue weighted by atomic mass is 10.0. The van der Waals surface area contributed by atoms with E-state index in [4.69, 9.17) is 14.2 Å². The molecule has 1 unspecified atom stereocenters. The minimum absolute atomic E-state index is 0.0872. The molecule has 6 heteroatoms. The Bertz CT molecular complexity index is 1330. The Balaban J connectivity index is 4.10. The highest BCUT2D eigenvalue weighted by Crippen LogP contribution is 2.17. The fourth-order valence-electron chi connectivity index (χ4n) is 9.43. The van der Waals surface area contributed by atoms with Gasteiger partial charge in [-0.2, -0.15) is 0 Å². The second-order valence-corrected chi connectivity index (χ2v) is 21.6. The molecule has 0 saturated carbocycles. The first-order chi connectivity index (χ1) is 36.5. The van der Waals surface area contributed by atoms with Crippen LogP contribution >= 0.6 is 0 Å². The number of ether oxygens (including phenoxy) is 3. The van der Waals surface area contributed by atoms with Crippen molar-refractivity contribution in [1.82, 2.24) is 0 Å². The maximum atomic E-state index is 12.8. The molecule has 0 amide bonds. The Morgan fingerprint density at radius 3 is 0.865 bits per heavy atom. The van der Waals surface area contributed by atoms with Crippen molar-refractivity contribution in [3.8, 4) is 0 Å². The summed E-state index contributed by atoms with van der Waals surface area (Å²) in [6.45, 7) is 6.51. The maximum Gasteiger partial charge on any atom is 0.306 e. The molecule has 74 heavy (non-hydrogen) atoms. The number of carbonyl (C=O) groups excluding carboxylic acids is 3. The Kier molecular flexibility index (Phi) is 60.2. The number of hydrogen-bond donors (Lipinski definition) is 0. The summed E-state index contributed by atoms with van der Waals surface area (Å²) in [4.78, 5) is 38.1. The quantitative estimate of drug-likeness (QED) is 0.0261. The summed E-state index contributed by atoms with van der Waals surface area (Å²) in [5, 5.41) is 0. The molecule has 0 rings (SSSR count). The van der Waals surface area contributed by atoms with Crippen LogP contribution in [0.3, 0.4) is 0 Å². The van der Waals surface area contributed by atoms with Crippen molar-refractivity contribution in [1.29, 1.82) is 0 Å². The number of carbonyl (C=O) groups is 3. The van der Waals surface area contributed by atoms with Crippen LogP contribution in [0, 0.1) is 0 Å². The summed E-state index contributed by atoms with van der Waals surface area (Å²) in [5.41, 5.74) is 0. The molecule has 0 aromatic carbocycles. The molecule has 0 N–H and O–H groups in total. The van der Waals surface area contributed by atoms with Gasteiger partial charge in [0.25, 0.3) is 0 Å². The van der Waals surface area contributed by atoms with Gasteiger partial charge in [-0.25, -0.2) is 0 Å². The topological polar surface area (TPSA) is 78.9 Å². The lowest BCUT2D eigenvalue weighted by molar-refractivity contribution is -0.167. The van der Waals surface area contributed by atoms with Crippen molar-refractivity contribution in [2.75, 3.05) is 13.2 Å². The number of allylic oxidation sites excluding steroid dienone is 10. The average molecular weight is 1040 g/mol. The molecule has 0 heterocycles. The van der Waals surface area contributed by atoms with E-state index in [1.165, 1.54) is 212 Å². The first kappa shape index (κ1) is 71.1. The van der Waals surface area contributed by atoms with Gasteiger partial charge in [-0.1, -0.05) is 293 Å². The zero-order valence-electron chi connectivity index (χ0n) is 49.4. The molecule has 0 aliphatic heterocycles. The summed E-state index contributed by atoms with van der Waals surface area (Å²) in [5.74, 6) is -0.916. The van der Waals surface area contributed by atoms with E-state index in [1.807, 2.05) is 0 Å². The van der Waals surface area contributed by atoms with Crippen LogP contribution in [0.2, 0.25) is 0 Å². The number of unbranched alkanes of at least 4 members (excludes halogenated alkanes) is 38. The molecule has 0 aliphatic carbocycles. The van der Waals surface area contributed by atoms with Crippen molar-refractivity contribution in [3.63, 3.8) is 0 Å². The van der Waals surface area contributed by atoms with Gasteiger partial charge in [-0.3, -0.25) is 14.4 Å². The highest BCUT2D eigenvalue weighted by atomic mass is 16.6. The van der Waals surface area contributed by atoms with E-state index in [0.717, 1.165) is 77.0 Å². The Labute approximate surface area is 460 Å². The van der Waals surface area contributed by atoms with E-state index < -0.39 is 6.10 Å². The normalized spacial score (nSPS) is 12.4. The van der Waals surface area contributed by atoms with Gasteiger partial charge in [-0.15, -0.1) is 0 Å². The minimum Gasteiger partial charge on any atom is -0.462 e. The van der Waals surface area contributed by atoms with E-state index in [2.05, 4.69) is 81.5 Å². The molecule has 0 spiro atoms. The number of rotatable bonds is 59. The van der Waals surface area contributed by atoms with Crippen LogP contribution in [0.1, 0.15) is 335 Å². The largest absolute Gasteiger partial charge is 0.462 e. The zero-order valence-corrected chi connectivity index (χ0v) is 49.4. The van der Waals surface area contributed by atoms with Gasteiger partial charge in [0.2, 0.25) is 0 Å². The third kappa shape index (κ3) is 60.0. The average Bonchev–Trinajstić information content (AvgIpc) is 3.40. The Morgan fingerprint density at radius 1 is 0.284 bits per heavy atom. The summed E-state index contributed by atoms with van der Waals surface area (Å²) >= 11 is 0. The van der Waals surface area contributed by atoms with Crippen molar-refractivity contribution in [2.45, 2.75) is 341 Å². The van der Waals surface area contributed by atoms with Crippen molar-refractivity contribution in [3.05, 3.63) is 60.8 Å². The molecule has 0 fully saturated rings. The molecule has 6 nitrogen and oxygen atoms in total. The molecule has 0 saturated heterocycles. The standard InChI is InChI=1S/C68H122O6/c1-4-7-10-13-16-19-22-24-26-27-28-29-30-31-32-33-34-35-36-37-38-39-40-41-43-44-46-49-52-55-58-61-67(70)73-64-65(63-72-66(69)60-57-54-51-48-21-18-15-12-9-6-3)74-68(71)62-59-56-53-50-47-45-42-25-23-20-17-14-11-8-5-2/h8,11,17,20,25,27-28,42,47,50,65H,4-7,9-10,12-16,18-19,21-24,26,29-41,43-46,48-49,51-64H2,1-3H3/b11-8-,20-17-,28-27-,42-25-,50-47-. The second-order valence-electron chi connectivity index (χ2n) is 21.6. The van der Waals surface area contributed by atoms with Crippen molar-refractivity contribution in [2.24, 2.45) is 0 Å². The molecule has 1 atom stereocenters. The van der Waals surface area contributed by atoms with Crippen LogP contribution in [0.15, 0.2) is 60.8 Å². The molecule has 0 aliphatic rings. The van der Waals surface area contributed by atoms with Crippen LogP contribution in [0.5, 0.6) is 0 Å². The minimum atomic E-state index is -0.792. The molecule has 430 valence electrons. The molecule has 0 bridgehead atoms. The van der Waals surface area contributed by atoms with Gasteiger partial charge < -0.3 is 14.2 Å². The van der Waals surface area contributed by atoms with Gasteiger partial charge in [0.15, 0.2) is 6.10 Å². The van der Waals surface area contributed by atoms with Crippen molar-refractivity contribution >= 4 is 17.9 Å². The monoisotopic (exact) mass is 1030 g/mol. The van der Waals surface area contributed by atoms with Crippen LogP contribution in [0.4, 0.5) is 0 Å². The zero-order chi connectivity index (χ0) is 53.6. The van der Waals surface area contributed by atoms with E-state index in [9.17, 15) is 14.4 Å². The van der Waals surface area contributed by atoms with E-state index in [0.29, 0.717) is 19.3 Å².